The zero-order chi connectivity index (χ0) is 20.3. The molecule has 4 nitrogen and oxygen atoms in total. The van der Waals surface area contributed by atoms with Crippen molar-refractivity contribution in [1.82, 2.24) is 4.90 Å². The summed E-state index contributed by atoms with van der Waals surface area (Å²) in [5.74, 6) is 2.37. The standard InChI is InChI=1S/C22H24F3NO3/c23-22(24,25)17-7-9-18(10-8-17)27-14-16-4-3-11-26(12-16)13-19-15-28-20-5-1-2-6-21(20)29-19/h1-2,5-10,16,19H,3-4,11-15H2/t16-,19-/m0/s1. The van der Waals surface area contributed by atoms with Crippen molar-refractivity contribution in [3.8, 4) is 17.2 Å². The molecular weight excluding hydrogens is 383 g/mol. The highest BCUT2D eigenvalue weighted by atomic mass is 19.4. The van der Waals surface area contributed by atoms with Crippen LogP contribution in [0, 0.1) is 5.92 Å². The molecule has 1 fully saturated rings. The molecule has 0 saturated carbocycles. The van der Waals surface area contributed by atoms with Crippen LogP contribution in [0.2, 0.25) is 0 Å². The number of rotatable bonds is 5. The van der Waals surface area contributed by atoms with Gasteiger partial charge < -0.3 is 14.2 Å². The first kappa shape index (κ1) is 19.9. The second kappa shape index (κ2) is 8.53. The summed E-state index contributed by atoms with van der Waals surface area (Å²) in [5, 5.41) is 0. The van der Waals surface area contributed by atoms with E-state index in [9.17, 15) is 13.2 Å². The van der Waals surface area contributed by atoms with E-state index < -0.39 is 11.7 Å². The minimum Gasteiger partial charge on any atom is -0.493 e. The van der Waals surface area contributed by atoms with E-state index in [2.05, 4.69) is 4.90 Å². The van der Waals surface area contributed by atoms with Crippen LogP contribution in [0.1, 0.15) is 18.4 Å². The third-order valence-electron chi connectivity index (χ3n) is 5.30. The number of piperidine rings is 1. The van der Waals surface area contributed by atoms with Crippen molar-refractivity contribution < 1.29 is 27.4 Å². The smallest absolute Gasteiger partial charge is 0.416 e. The van der Waals surface area contributed by atoms with E-state index in [0.29, 0.717) is 24.9 Å². The predicted molar refractivity (Wildman–Crippen MR) is 102 cm³/mol. The molecule has 2 aromatic carbocycles. The van der Waals surface area contributed by atoms with Gasteiger partial charge in [-0.05, 0) is 55.8 Å². The molecule has 0 aromatic heterocycles. The fourth-order valence-electron chi connectivity index (χ4n) is 3.85. The van der Waals surface area contributed by atoms with Gasteiger partial charge >= 0.3 is 6.18 Å². The molecule has 1 saturated heterocycles. The van der Waals surface area contributed by atoms with Crippen molar-refractivity contribution in [3.63, 3.8) is 0 Å². The topological polar surface area (TPSA) is 30.9 Å². The number of para-hydroxylation sites is 2. The minimum atomic E-state index is -4.33. The van der Waals surface area contributed by atoms with Crippen molar-refractivity contribution in [1.29, 1.82) is 0 Å². The lowest BCUT2D eigenvalue weighted by Crippen LogP contribution is -2.45. The first-order chi connectivity index (χ1) is 14.0. The Morgan fingerprint density at radius 1 is 1.03 bits per heavy atom. The molecule has 156 valence electrons. The first-order valence-corrected chi connectivity index (χ1v) is 9.88. The maximum Gasteiger partial charge on any atom is 0.416 e. The maximum atomic E-state index is 12.6. The molecule has 7 heteroatoms. The lowest BCUT2D eigenvalue weighted by molar-refractivity contribution is -0.137. The van der Waals surface area contributed by atoms with E-state index in [1.807, 2.05) is 24.3 Å². The Morgan fingerprint density at radius 2 is 1.79 bits per heavy atom. The van der Waals surface area contributed by atoms with Crippen LogP contribution in [0.5, 0.6) is 17.2 Å². The summed E-state index contributed by atoms with van der Waals surface area (Å²) >= 11 is 0. The lowest BCUT2D eigenvalue weighted by atomic mass is 9.98. The van der Waals surface area contributed by atoms with Crippen LogP contribution >= 0.6 is 0 Å². The zero-order valence-electron chi connectivity index (χ0n) is 16.0. The van der Waals surface area contributed by atoms with Crippen LogP contribution in [-0.2, 0) is 6.18 Å². The van der Waals surface area contributed by atoms with Crippen LogP contribution in [0.15, 0.2) is 48.5 Å². The SMILES string of the molecule is FC(F)(F)c1ccc(OC[C@H]2CCCN(C[C@H]3COc4ccccc4O3)C2)cc1. The van der Waals surface area contributed by atoms with Gasteiger partial charge in [-0.3, -0.25) is 4.90 Å². The fraction of sp³-hybridized carbons (Fsp3) is 0.455. The Balaban J connectivity index is 1.26. The molecule has 2 aliphatic heterocycles. The van der Waals surface area contributed by atoms with Crippen molar-refractivity contribution in [3.05, 3.63) is 54.1 Å². The number of benzene rings is 2. The number of hydrogen-bond acceptors (Lipinski definition) is 4. The molecule has 2 atom stereocenters. The number of nitrogens with zero attached hydrogens (tertiary/aromatic N) is 1. The third-order valence-corrected chi connectivity index (χ3v) is 5.30. The molecule has 0 unspecified atom stereocenters. The lowest BCUT2D eigenvalue weighted by Gasteiger charge is -2.36. The Hall–Kier alpha value is -2.41. The minimum absolute atomic E-state index is 0.0144. The molecule has 2 aliphatic rings. The normalized spacial score (nSPS) is 22.3. The Morgan fingerprint density at radius 3 is 2.55 bits per heavy atom. The number of likely N-dealkylation sites (tertiary alicyclic amines) is 1. The van der Waals surface area contributed by atoms with Crippen molar-refractivity contribution in [2.75, 3.05) is 32.8 Å². The Labute approximate surface area is 168 Å². The largest absolute Gasteiger partial charge is 0.493 e. The average molecular weight is 407 g/mol. The molecule has 0 aliphatic carbocycles. The molecular formula is C22H24F3NO3. The van der Waals surface area contributed by atoms with E-state index in [0.717, 1.165) is 56.1 Å². The van der Waals surface area contributed by atoms with Crippen LogP contribution in [0.4, 0.5) is 13.2 Å². The summed E-state index contributed by atoms with van der Waals surface area (Å²) in [7, 11) is 0. The zero-order valence-corrected chi connectivity index (χ0v) is 16.0. The second-order valence-electron chi connectivity index (χ2n) is 7.60. The molecule has 0 N–H and O–H groups in total. The van der Waals surface area contributed by atoms with Crippen molar-refractivity contribution in [2.45, 2.75) is 25.1 Å². The second-order valence-corrected chi connectivity index (χ2v) is 7.60. The van der Waals surface area contributed by atoms with E-state index in [1.54, 1.807) is 0 Å². The monoisotopic (exact) mass is 407 g/mol. The van der Waals surface area contributed by atoms with Gasteiger partial charge in [-0.1, -0.05) is 12.1 Å². The van der Waals surface area contributed by atoms with Gasteiger partial charge in [-0.2, -0.15) is 13.2 Å². The predicted octanol–water partition coefficient (Wildman–Crippen LogP) is 4.64. The van der Waals surface area contributed by atoms with Crippen LogP contribution in [-0.4, -0.2) is 43.9 Å². The highest BCUT2D eigenvalue weighted by Gasteiger charge is 2.30. The summed E-state index contributed by atoms with van der Waals surface area (Å²) in [6.45, 7) is 3.68. The highest BCUT2D eigenvalue weighted by molar-refractivity contribution is 5.40. The fourth-order valence-corrected chi connectivity index (χ4v) is 3.85. The van der Waals surface area contributed by atoms with Crippen molar-refractivity contribution >= 4 is 0 Å². The average Bonchev–Trinajstić information content (AvgIpc) is 2.72. The molecule has 0 radical (unpaired) electrons. The summed E-state index contributed by atoms with van der Waals surface area (Å²) in [6.07, 6.45) is -2.24. The van der Waals surface area contributed by atoms with E-state index in [1.165, 1.54) is 12.1 Å². The maximum absolute atomic E-state index is 12.6. The summed E-state index contributed by atoms with van der Waals surface area (Å²) in [4.78, 5) is 2.35. The number of hydrogen-bond donors (Lipinski definition) is 0. The van der Waals surface area contributed by atoms with Gasteiger partial charge in [0.25, 0.3) is 0 Å². The Kier molecular flexibility index (Phi) is 5.85. The van der Waals surface area contributed by atoms with E-state index >= 15 is 0 Å². The van der Waals surface area contributed by atoms with Gasteiger partial charge in [-0.15, -0.1) is 0 Å². The van der Waals surface area contributed by atoms with Crippen molar-refractivity contribution in [2.24, 2.45) is 5.92 Å². The van der Waals surface area contributed by atoms with Gasteiger partial charge in [0.05, 0.1) is 12.2 Å². The van der Waals surface area contributed by atoms with Crippen LogP contribution in [0.25, 0.3) is 0 Å². The third kappa shape index (κ3) is 5.15. The molecule has 0 amide bonds. The molecule has 2 heterocycles. The van der Waals surface area contributed by atoms with Crippen LogP contribution < -0.4 is 14.2 Å². The molecule has 0 spiro atoms. The van der Waals surface area contributed by atoms with E-state index in [-0.39, 0.29) is 6.10 Å². The first-order valence-electron chi connectivity index (χ1n) is 9.88. The van der Waals surface area contributed by atoms with Gasteiger partial charge in [0.1, 0.15) is 18.5 Å². The van der Waals surface area contributed by atoms with Gasteiger partial charge in [0.15, 0.2) is 11.5 Å². The molecule has 29 heavy (non-hydrogen) atoms. The summed E-state index contributed by atoms with van der Waals surface area (Å²) < 4.78 is 55.5. The van der Waals surface area contributed by atoms with Gasteiger partial charge in [0.2, 0.25) is 0 Å². The summed E-state index contributed by atoms with van der Waals surface area (Å²) in [5.41, 5.74) is -0.662. The molecule has 2 aromatic rings. The number of halogens is 3. The number of fused-ring (bicyclic) bond motifs is 1. The quantitative estimate of drug-likeness (QED) is 0.723. The Bertz CT molecular complexity index is 810. The highest BCUT2D eigenvalue weighted by Crippen LogP contribution is 2.32. The van der Waals surface area contributed by atoms with Crippen LogP contribution in [0.3, 0.4) is 0 Å². The molecule has 4 rings (SSSR count). The molecule has 0 bridgehead atoms. The van der Waals surface area contributed by atoms with Gasteiger partial charge in [-0.25, -0.2) is 0 Å². The number of alkyl halides is 3. The van der Waals surface area contributed by atoms with E-state index in [4.69, 9.17) is 14.2 Å². The summed E-state index contributed by atoms with van der Waals surface area (Å²) in [6, 6.07) is 12.6. The van der Waals surface area contributed by atoms with Gasteiger partial charge in [0, 0.05) is 19.0 Å². The number of ether oxygens (including phenoxy) is 3.